The minimum atomic E-state index is -0.692. The van der Waals surface area contributed by atoms with E-state index in [-0.39, 0.29) is 11.7 Å². The van der Waals surface area contributed by atoms with Crippen molar-refractivity contribution in [2.24, 2.45) is 5.92 Å². The molecular formula is C18H21FO. The smallest absolute Gasteiger partial charge is 0.123 e. The number of hydrogen-bond donors (Lipinski definition) is 1. The molecule has 0 amide bonds. The lowest BCUT2D eigenvalue weighted by Gasteiger charge is -2.29. The van der Waals surface area contributed by atoms with Crippen molar-refractivity contribution in [3.05, 3.63) is 71.5 Å². The van der Waals surface area contributed by atoms with Crippen LogP contribution in [0, 0.1) is 11.7 Å². The second-order valence-corrected chi connectivity index (χ2v) is 5.32. The first-order valence-corrected chi connectivity index (χ1v) is 7.12. The highest BCUT2D eigenvalue weighted by molar-refractivity contribution is 5.27. The van der Waals surface area contributed by atoms with Crippen LogP contribution < -0.4 is 0 Å². The average Bonchev–Trinajstić information content (AvgIpc) is 2.48. The fourth-order valence-corrected chi connectivity index (χ4v) is 2.65. The molecule has 0 aliphatic heterocycles. The molecular weight excluding hydrogens is 251 g/mol. The maximum atomic E-state index is 13.4. The van der Waals surface area contributed by atoms with Gasteiger partial charge in [0.25, 0.3) is 0 Å². The summed E-state index contributed by atoms with van der Waals surface area (Å²) in [4.78, 5) is 0. The van der Waals surface area contributed by atoms with Crippen LogP contribution >= 0.6 is 0 Å². The monoisotopic (exact) mass is 272 g/mol. The highest BCUT2D eigenvalue weighted by Crippen LogP contribution is 2.38. The minimum absolute atomic E-state index is 0.0250. The van der Waals surface area contributed by atoms with Crippen molar-refractivity contribution in [2.45, 2.75) is 32.3 Å². The van der Waals surface area contributed by atoms with Crippen LogP contribution in [-0.2, 0) is 0 Å². The van der Waals surface area contributed by atoms with Crippen LogP contribution in [0.15, 0.2) is 54.6 Å². The summed E-state index contributed by atoms with van der Waals surface area (Å²) in [6.07, 6.45) is 0.273. The van der Waals surface area contributed by atoms with E-state index >= 15 is 0 Å². The van der Waals surface area contributed by atoms with Gasteiger partial charge in [0.1, 0.15) is 5.82 Å². The number of aliphatic hydroxyl groups excluding tert-OH is 1. The molecule has 0 heterocycles. The van der Waals surface area contributed by atoms with Gasteiger partial charge in [0.2, 0.25) is 0 Å². The molecule has 0 aliphatic rings. The molecule has 3 unspecified atom stereocenters. The van der Waals surface area contributed by atoms with Crippen LogP contribution in [0.4, 0.5) is 4.39 Å². The van der Waals surface area contributed by atoms with Gasteiger partial charge in [-0.1, -0.05) is 62.7 Å². The van der Waals surface area contributed by atoms with Crippen LogP contribution in [0.25, 0.3) is 0 Å². The van der Waals surface area contributed by atoms with E-state index in [0.29, 0.717) is 11.5 Å². The molecule has 1 nitrogen and oxygen atoms in total. The molecule has 2 rings (SSSR count). The Hall–Kier alpha value is -1.67. The Labute approximate surface area is 120 Å². The fraction of sp³-hybridized carbons (Fsp3) is 0.333. The standard InChI is InChI=1S/C18H21FO/c1-3-13(2)17(14-8-5-4-6-9-14)18(20)15-10-7-11-16(19)12-15/h4-13,17-18,20H,3H2,1-2H3. The normalized spacial score (nSPS) is 15.6. The lowest BCUT2D eigenvalue weighted by Crippen LogP contribution is -2.18. The van der Waals surface area contributed by atoms with E-state index in [4.69, 9.17) is 0 Å². The number of hydrogen-bond acceptors (Lipinski definition) is 1. The van der Waals surface area contributed by atoms with E-state index in [0.717, 1.165) is 12.0 Å². The summed E-state index contributed by atoms with van der Waals surface area (Å²) < 4.78 is 13.4. The molecule has 106 valence electrons. The zero-order chi connectivity index (χ0) is 14.5. The molecule has 2 aromatic carbocycles. The van der Waals surface area contributed by atoms with Crippen molar-refractivity contribution in [1.82, 2.24) is 0 Å². The molecule has 2 heteroatoms. The molecule has 0 saturated heterocycles. The molecule has 0 bridgehead atoms. The molecule has 0 radical (unpaired) electrons. The first kappa shape index (κ1) is 14.7. The summed E-state index contributed by atoms with van der Waals surface area (Å²) in [6.45, 7) is 4.24. The average molecular weight is 272 g/mol. The molecule has 0 saturated carbocycles. The summed E-state index contributed by atoms with van der Waals surface area (Å²) in [6, 6.07) is 16.2. The van der Waals surface area contributed by atoms with E-state index in [2.05, 4.69) is 13.8 Å². The van der Waals surface area contributed by atoms with Gasteiger partial charge in [-0.3, -0.25) is 0 Å². The van der Waals surface area contributed by atoms with Crippen molar-refractivity contribution < 1.29 is 9.50 Å². The highest BCUT2D eigenvalue weighted by Gasteiger charge is 2.27. The number of halogens is 1. The van der Waals surface area contributed by atoms with Crippen LogP contribution in [-0.4, -0.2) is 5.11 Å². The lowest BCUT2D eigenvalue weighted by molar-refractivity contribution is 0.117. The van der Waals surface area contributed by atoms with E-state index in [1.165, 1.54) is 12.1 Å². The second-order valence-electron chi connectivity index (χ2n) is 5.32. The molecule has 3 atom stereocenters. The predicted octanol–water partition coefficient (Wildman–Crippen LogP) is 4.69. The minimum Gasteiger partial charge on any atom is -0.388 e. The van der Waals surface area contributed by atoms with Gasteiger partial charge in [0.15, 0.2) is 0 Å². The van der Waals surface area contributed by atoms with Gasteiger partial charge in [-0.25, -0.2) is 4.39 Å². The van der Waals surface area contributed by atoms with Crippen molar-refractivity contribution in [2.75, 3.05) is 0 Å². The van der Waals surface area contributed by atoms with Gasteiger partial charge < -0.3 is 5.11 Å². The highest BCUT2D eigenvalue weighted by atomic mass is 19.1. The van der Waals surface area contributed by atoms with Crippen molar-refractivity contribution >= 4 is 0 Å². The maximum Gasteiger partial charge on any atom is 0.123 e. The number of rotatable bonds is 5. The van der Waals surface area contributed by atoms with Gasteiger partial charge in [0, 0.05) is 5.92 Å². The molecule has 20 heavy (non-hydrogen) atoms. The Balaban J connectivity index is 2.36. The second kappa shape index (κ2) is 6.67. The Morgan fingerprint density at radius 3 is 2.25 bits per heavy atom. The zero-order valence-corrected chi connectivity index (χ0v) is 12.0. The topological polar surface area (TPSA) is 20.2 Å². The first-order chi connectivity index (χ1) is 9.63. The molecule has 0 aliphatic carbocycles. The number of aliphatic hydroxyl groups is 1. The summed E-state index contributed by atoms with van der Waals surface area (Å²) in [7, 11) is 0. The third-order valence-corrected chi connectivity index (χ3v) is 3.97. The molecule has 0 aromatic heterocycles. The van der Waals surface area contributed by atoms with E-state index in [9.17, 15) is 9.50 Å². The van der Waals surface area contributed by atoms with Gasteiger partial charge in [0.05, 0.1) is 6.10 Å². The Morgan fingerprint density at radius 1 is 1.00 bits per heavy atom. The Morgan fingerprint density at radius 2 is 1.65 bits per heavy atom. The largest absolute Gasteiger partial charge is 0.388 e. The molecule has 0 spiro atoms. The zero-order valence-electron chi connectivity index (χ0n) is 12.0. The molecule has 2 aromatic rings. The summed E-state index contributed by atoms with van der Waals surface area (Å²) in [5, 5.41) is 10.7. The maximum absolute atomic E-state index is 13.4. The van der Waals surface area contributed by atoms with Gasteiger partial charge >= 0.3 is 0 Å². The third-order valence-electron chi connectivity index (χ3n) is 3.97. The lowest BCUT2D eigenvalue weighted by atomic mass is 9.79. The Kier molecular flexibility index (Phi) is 4.91. The predicted molar refractivity (Wildman–Crippen MR) is 80.0 cm³/mol. The summed E-state index contributed by atoms with van der Waals surface area (Å²) >= 11 is 0. The molecule has 0 fully saturated rings. The summed E-state index contributed by atoms with van der Waals surface area (Å²) in [5.74, 6) is -0.0174. The first-order valence-electron chi connectivity index (χ1n) is 7.12. The quantitative estimate of drug-likeness (QED) is 0.837. The van der Waals surface area contributed by atoms with Crippen molar-refractivity contribution in [3.8, 4) is 0 Å². The van der Waals surface area contributed by atoms with Gasteiger partial charge in [-0.2, -0.15) is 0 Å². The van der Waals surface area contributed by atoms with Gasteiger partial charge in [-0.15, -0.1) is 0 Å². The SMILES string of the molecule is CCC(C)C(c1ccccc1)C(O)c1cccc(F)c1. The molecule has 1 N–H and O–H groups in total. The van der Waals surface area contributed by atoms with E-state index < -0.39 is 6.10 Å². The van der Waals surface area contributed by atoms with Crippen LogP contribution in [0.1, 0.15) is 43.4 Å². The third kappa shape index (κ3) is 3.26. The van der Waals surface area contributed by atoms with E-state index in [1.54, 1.807) is 12.1 Å². The number of benzene rings is 2. The van der Waals surface area contributed by atoms with Crippen molar-refractivity contribution in [3.63, 3.8) is 0 Å². The van der Waals surface area contributed by atoms with Crippen LogP contribution in [0.5, 0.6) is 0 Å². The fourth-order valence-electron chi connectivity index (χ4n) is 2.65. The van der Waals surface area contributed by atoms with E-state index in [1.807, 2.05) is 30.3 Å². The Bertz CT molecular complexity index is 538. The van der Waals surface area contributed by atoms with Crippen molar-refractivity contribution in [1.29, 1.82) is 0 Å². The van der Waals surface area contributed by atoms with Crippen LogP contribution in [0.2, 0.25) is 0 Å². The van der Waals surface area contributed by atoms with Crippen LogP contribution in [0.3, 0.4) is 0 Å². The summed E-state index contributed by atoms with van der Waals surface area (Å²) in [5.41, 5.74) is 1.73. The van der Waals surface area contributed by atoms with Gasteiger partial charge in [-0.05, 0) is 29.2 Å².